The summed E-state index contributed by atoms with van der Waals surface area (Å²) in [7, 11) is 0. The fourth-order valence-corrected chi connectivity index (χ4v) is 2.20. The third-order valence-electron chi connectivity index (χ3n) is 2.90. The lowest BCUT2D eigenvalue weighted by molar-refractivity contribution is 0.0950. The molecule has 6 heteroatoms. The van der Waals surface area contributed by atoms with Crippen LogP contribution in [-0.4, -0.2) is 16.0 Å². The van der Waals surface area contributed by atoms with Crippen molar-refractivity contribution in [3.05, 3.63) is 62.7 Å². The van der Waals surface area contributed by atoms with Crippen LogP contribution in [0.5, 0.6) is 5.75 Å². The number of nitrogens with two attached hydrogens (primary N) is 1. The Morgan fingerprint density at radius 2 is 1.81 bits per heavy atom. The average Bonchev–Trinajstić information content (AvgIpc) is 2.48. The molecule has 0 radical (unpaired) electrons. The molecule has 0 fully saturated rings. The van der Waals surface area contributed by atoms with Crippen molar-refractivity contribution in [2.75, 3.05) is 0 Å². The first-order valence-electron chi connectivity index (χ1n) is 6.13. The van der Waals surface area contributed by atoms with Crippen LogP contribution < -0.4 is 11.1 Å². The molecular formula is C15H13IN2O2S. The molecule has 0 bridgehead atoms. The highest BCUT2D eigenvalue weighted by Gasteiger charge is 2.08. The van der Waals surface area contributed by atoms with Crippen molar-refractivity contribution in [1.29, 1.82) is 0 Å². The lowest BCUT2D eigenvalue weighted by Gasteiger charge is -2.07. The van der Waals surface area contributed by atoms with E-state index >= 15 is 0 Å². The van der Waals surface area contributed by atoms with Gasteiger partial charge in [-0.3, -0.25) is 4.79 Å². The maximum Gasteiger partial charge on any atom is 0.251 e. The first-order valence-corrected chi connectivity index (χ1v) is 7.61. The summed E-state index contributed by atoms with van der Waals surface area (Å²) < 4.78 is 0.706. The van der Waals surface area contributed by atoms with Gasteiger partial charge in [0.15, 0.2) is 0 Å². The van der Waals surface area contributed by atoms with Crippen LogP contribution in [0, 0.1) is 3.57 Å². The van der Waals surface area contributed by atoms with Crippen molar-refractivity contribution >= 4 is 45.7 Å². The molecule has 2 aromatic carbocycles. The number of phenols is 1. The number of hydrogen-bond acceptors (Lipinski definition) is 3. The van der Waals surface area contributed by atoms with Crippen molar-refractivity contribution in [2.24, 2.45) is 5.73 Å². The Balaban J connectivity index is 2.00. The van der Waals surface area contributed by atoms with Crippen molar-refractivity contribution in [2.45, 2.75) is 6.54 Å². The summed E-state index contributed by atoms with van der Waals surface area (Å²) in [6, 6.07) is 12.2. The summed E-state index contributed by atoms with van der Waals surface area (Å²) in [5, 5.41) is 12.4. The number of nitrogens with one attached hydrogen (secondary N) is 1. The van der Waals surface area contributed by atoms with Gasteiger partial charge in [0.25, 0.3) is 5.91 Å². The van der Waals surface area contributed by atoms with Gasteiger partial charge in [-0.15, -0.1) is 0 Å². The third kappa shape index (κ3) is 4.15. The van der Waals surface area contributed by atoms with Crippen molar-refractivity contribution in [1.82, 2.24) is 5.32 Å². The van der Waals surface area contributed by atoms with Gasteiger partial charge in [0.2, 0.25) is 0 Å². The van der Waals surface area contributed by atoms with Crippen LogP contribution >= 0.6 is 34.8 Å². The monoisotopic (exact) mass is 412 g/mol. The fourth-order valence-electron chi connectivity index (χ4n) is 1.73. The molecule has 0 unspecified atom stereocenters. The normalized spacial score (nSPS) is 10.1. The second kappa shape index (κ2) is 6.86. The Morgan fingerprint density at radius 3 is 2.38 bits per heavy atom. The number of amides is 1. The number of carbonyl (C=O) groups excluding carboxylic acids is 1. The predicted molar refractivity (Wildman–Crippen MR) is 94.3 cm³/mol. The van der Waals surface area contributed by atoms with Crippen LogP contribution in [0.4, 0.5) is 0 Å². The highest BCUT2D eigenvalue weighted by Crippen LogP contribution is 2.20. The van der Waals surface area contributed by atoms with Crippen LogP contribution in [0.15, 0.2) is 42.5 Å². The Kier molecular flexibility index (Phi) is 5.13. The van der Waals surface area contributed by atoms with Gasteiger partial charge >= 0.3 is 0 Å². The largest absolute Gasteiger partial charge is 0.507 e. The van der Waals surface area contributed by atoms with Crippen LogP contribution in [0.3, 0.4) is 0 Å². The topological polar surface area (TPSA) is 75.3 Å². The SMILES string of the molecule is NC(=S)c1ccc(CNC(=O)c2ccc(I)c(O)c2)cc1. The maximum absolute atomic E-state index is 12.0. The lowest BCUT2D eigenvalue weighted by atomic mass is 10.1. The van der Waals surface area contributed by atoms with Crippen LogP contribution in [0.2, 0.25) is 0 Å². The number of aromatic hydroxyl groups is 1. The Labute approximate surface area is 141 Å². The van der Waals surface area contributed by atoms with E-state index in [1.165, 1.54) is 6.07 Å². The second-order valence-corrected chi connectivity index (χ2v) is 6.01. The molecule has 4 N–H and O–H groups in total. The maximum atomic E-state index is 12.0. The molecule has 0 heterocycles. The van der Waals surface area contributed by atoms with Crippen molar-refractivity contribution in [3.8, 4) is 5.75 Å². The number of thiocarbonyl (C=S) groups is 1. The van der Waals surface area contributed by atoms with Gasteiger partial charge in [-0.25, -0.2) is 0 Å². The van der Waals surface area contributed by atoms with Crippen LogP contribution in [0.1, 0.15) is 21.5 Å². The van der Waals surface area contributed by atoms with Crippen molar-refractivity contribution < 1.29 is 9.90 Å². The zero-order valence-electron chi connectivity index (χ0n) is 11.0. The van der Waals surface area contributed by atoms with Crippen LogP contribution in [0.25, 0.3) is 0 Å². The van der Waals surface area contributed by atoms with E-state index in [1.54, 1.807) is 12.1 Å². The standard InChI is InChI=1S/C15H13IN2O2S/c16-12-6-5-11(7-13(12)19)15(20)18-8-9-1-3-10(4-2-9)14(17)21/h1-7,19H,8H2,(H2,17,21)(H,18,20). The molecule has 0 aromatic heterocycles. The van der Waals surface area contributed by atoms with E-state index in [-0.39, 0.29) is 11.7 Å². The highest BCUT2D eigenvalue weighted by atomic mass is 127. The molecule has 0 aliphatic rings. The number of halogens is 1. The first-order chi connectivity index (χ1) is 9.97. The van der Waals surface area contributed by atoms with E-state index in [2.05, 4.69) is 5.32 Å². The van der Waals surface area contributed by atoms with E-state index in [9.17, 15) is 9.90 Å². The van der Waals surface area contributed by atoms with E-state index in [0.29, 0.717) is 20.7 Å². The van der Waals surface area contributed by atoms with Gasteiger partial charge in [0, 0.05) is 17.7 Å². The number of carbonyl (C=O) groups is 1. The molecule has 0 saturated carbocycles. The summed E-state index contributed by atoms with van der Waals surface area (Å²) in [6.45, 7) is 0.392. The molecule has 2 rings (SSSR count). The lowest BCUT2D eigenvalue weighted by Crippen LogP contribution is -2.22. The van der Waals surface area contributed by atoms with Gasteiger partial charge in [0.1, 0.15) is 10.7 Å². The van der Waals surface area contributed by atoms with Gasteiger partial charge < -0.3 is 16.2 Å². The Hall–Kier alpha value is -1.67. The predicted octanol–water partition coefficient (Wildman–Crippen LogP) is 2.56. The summed E-state index contributed by atoms with van der Waals surface area (Å²) in [6.07, 6.45) is 0. The van der Waals surface area contributed by atoms with E-state index in [1.807, 2.05) is 46.9 Å². The van der Waals surface area contributed by atoms with Gasteiger partial charge in [-0.1, -0.05) is 36.5 Å². The molecule has 4 nitrogen and oxygen atoms in total. The first kappa shape index (κ1) is 15.7. The molecule has 0 atom stereocenters. The minimum absolute atomic E-state index is 0.101. The molecule has 0 aliphatic carbocycles. The van der Waals surface area contributed by atoms with E-state index in [0.717, 1.165) is 11.1 Å². The number of hydrogen-bond donors (Lipinski definition) is 3. The quantitative estimate of drug-likeness (QED) is 0.533. The molecule has 1 amide bonds. The zero-order valence-corrected chi connectivity index (χ0v) is 13.9. The Bertz CT molecular complexity index is 687. The number of phenolic OH excluding ortho intramolecular Hbond substituents is 1. The molecular weight excluding hydrogens is 399 g/mol. The summed E-state index contributed by atoms with van der Waals surface area (Å²) in [4.78, 5) is 12.3. The number of rotatable bonds is 4. The highest BCUT2D eigenvalue weighted by molar-refractivity contribution is 14.1. The summed E-state index contributed by atoms with van der Waals surface area (Å²) in [5.74, 6) is -0.135. The number of benzene rings is 2. The fraction of sp³-hybridized carbons (Fsp3) is 0.0667. The smallest absolute Gasteiger partial charge is 0.251 e. The van der Waals surface area contributed by atoms with Crippen molar-refractivity contribution in [3.63, 3.8) is 0 Å². The molecule has 0 aliphatic heterocycles. The summed E-state index contributed by atoms with van der Waals surface area (Å²) >= 11 is 6.88. The zero-order chi connectivity index (χ0) is 15.4. The van der Waals surface area contributed by atoms with Crippen LogP contribution in [-0.2, 0) is 6.54 Å². The van der Waals surface area contributed by atoms with E-state index < -0.39 is 0 Å². The second-order valence-electron chi connectivity index (χ2n) is 4.41. The minimum atomic E-state index is -0.236. The molecule has 0 saturated heterocycles. The molecule has 0 spiro atoms. The van der Waals surface area contributed by atoms with E-state index in [4.69, 9.17) is 18.0 Å². The minimum Gasteiger partial charge on any atom is -0.507 e. The van der Waals surface area contributed by atoms with Gasteiger partial charge in [-0.2, -0.15) is 0 Å². The molecule has 21 heavy (non-hydrogen) atoms. The molecule has 108 valence electrons. The van der Waals surface area contributed by atoms with Gasteiger partial charge in [-0.05, 0) is 46.4 Å². The Morgan fingerprint density at radius 1 is 1.19 bits per heavy atom. The van der Waals surface area contributed by atoms with Gasteiger partial charge in [0.05, 0.1) is 3.57 Å². The molecule has 2 aromatic rings. The summed E-state index contributed by atoms with van der Waals surface area (Å²) in [5.41, 5.74) is 7.69. The third-order valence-corrected chi connectivity index (χ3v) is 4.05. The average molecular weight is 412 g/mol.